The molecule has 1 aliphatic rings. The van der Waals surface area contributed by atoms with Crippen LogP contribution in [0.2, 0.25) is 0 Å². The lowest BCUT2D eigenvalue weighted by Gasteiger charge is -2.32. The molecule has 0 aliphatic carbocycles. The first-order chi connectivity index (χ1) is 11.1. The third-order valence-corrected chi connectivity index (χ3v) is 6.18. The maximum Gasteiger partial charge on any atom is 0.243 e. The standard InChI is InChI=1S/C18H21NO3S/c1-15-7-5-6-14-19(15)23(20,21)18-12-10-17(11-13-18)22-16-8-3-2-4-9-16/h2-4,8-13,15H,5-7,14H2,1H3/t15-/m0/s1. The minimum Gasteiger partial charge on any atom is -0.457 e. The molecule has 0 radical (unpaired) electrons. The minimum absolute atomic E-state index is 0.0639. The van der Waals surface area contributed by atoms with E-state index in [1.165, 1.54) is 0 Å². The van der Waals surface area contributed by atoms with Crippen molar-refractivity contribution in [3.63, 3.8) is 0 Å². The van der Waals surface area contributed by atoms with Crippen LogP contribution in [0.15, 0.2) is 59.5 Å². The van der Waals surface area contributed by atoms with Gasteiger partial charge in [0, 0.05) is 12.6 Å². The number of sulfonamides is 1. The van der Waals surface area contributed by atoms with Gasteiger partial charge in [0.1, 0.15) is 11.5 Å². The smallest absolute Gasteiger partial charge is 0.243 e. The average molecular weight is 331 g/mol. The summed E-state index contributed by atoms with van der Waals surface area (Å²) < 4.78 is 32.8. The molecule has 2 aromatic carbocycles. The van der Waals surface area contributed by atoms with Crippen molar-refractivity contribution in [3.8, 4) is 11.5 Å². The summed E-state index contributed by atoms with van der Waals surface area (Å²) in [6.45, 7) is 2.58. The van der Waals surface area contributed by atoms with Gasteiger partial charge in [-0.05, 0) is 56.2 Å². The van der Waals surface area contributed by atoms with E-state index in [1.54, 1.807) is 28.6 Å². The Morgan fingerprint density at radius 2 is 1.61 bits per heavy atom. The van der Waals surface area contributed by atoms with Crippen molar-refractivity contribution in [3.05, 3.63) is 54.6 Å². The van der Waals surface area contributed by atoms with E-state index < -0.39 is 10.0 Å². The number of para-hydroxylation sites is 1. The van der Waals surface area contributed by atoms with Crippen molar-refractivity contribution < 1.29 is 13.2 Å². The van der Waals surface area contributed by atoms with Crippen molar-refractivity contribution in [2.24, 2.45) is 0 Å². The largest absolute Gasteiger partial charge is 0.457 e. The molecule has 1 heterocycles. The van der Waals surface area contributed by atoms with Crippen LogP contribution in [0.3, 0.4) is 0 Å². The van der Waals surface area contributed by atoms with Crippen molar-refractivity contribution in [1.82, 2.24) is 4.31 Å². The zero-order valence-corrected chi connectivity index (χ0v) is 14.0. The molecular weight excluding hydrogens is 310 g/mol. The molecule has 3 rings (SSSR count). The normalized spacial score (nSPS) is 19.4. The second-order valence-corrected chi connectivity index (χ2v) is 7.74. The second-order valence-electron chi connectivity index (χ2n) is 5.85. The number of piperidine rings is 1. The first kappa shape index (κ1) is 16.0. The van der Waals surface area contributed by atoms with Crippen molar-refractivity contribution in [2.45, 2.75) is 37.1 Å². The Morgan fingerprint density at radius 1 is 0.957 bits per heavy atom. The van der Waals surface area contributed by atoms with Crippen LogP contribution >= 0.6 is 0 Å². The molecule has 5 heteroatoms. The summed E-state index contributed by atoms with van der Waals surface area (Å²) >= 11 is 0. The van der Waals surface area contributed by atoms with Gasteiger partial charge in [-0.1, -0.05) is 24.6 Å². The van der Waals surface area contributed by atoms with Gasteiger partial charge in [0.05, 0.1) is 4.90 Å². The monoisotopic (exact) mass is 331 g/mol. The molecule has 23 heavy (non-hydrogen) atoms. The summed E-state index contributed by atoms with van der Waals surface area (Å²) in [5.74, 6) is 1.36. The zero-order valence-electron chi connectivity index (χ0n) is 13.2. The van der Waals surface area contributed by atoms with Gasteiger partial charge in [-0.15, -0.1) is 0 Å². The molecule has 0 spiro atoms. The summed E-state index contributed by atoms with van der Waals surface area (Å²) in [7, 11) is -3.42. The van der Waals surface area contributed by atoms with E-state index in [2.05, 4.69) is 0 Å². The number of ether oxygens (including phenoxy) is 1. The van der Waals surface area contributed by atoms with E-state index in [9.17, 15) is 8.42 Å². The van der Waals surface area contributed by atoms with Gasteiger partial charge >= 0.3 is 0 Å². The van der Waals surface area contributed by atoms with Gasteiger partial charge in [0.15, 0.2) is 0 Å². The van der Waals surface area contributed by atoms with Crippen LogP contribution in [0, 0.1) is 0 Å². The van der Waals surface area contributed by atoms with E-state index in [0.29, 0.717) is 17.2 Å². The van der Waals surface area contributed by atoms with Crippen LogP contribution in [0.5, 0.6) is 11.5 Å². The summed E-state index contributed by atoms with van der Waals surface area (Å²) in [6.07, 6.45) is 2.95. The predicted molar refractivity (Wildman–Crippen MR) is 90.2 cm³/mol. The lowest BCUT2D eigenvalue weighted by molar-refractivity contribution is 0.268. The molecule has 1 aliphatic heterocycles. The van der Waals surface area contributed by atoms with Crippen LogP contribution in [-0.4, -0.2) is 25.3 Å². The Labute approximate surface area is 137 Å². The van der Waals surface area contributed by atoms with Crippen LogP contribution in [-0.2, 0) is 10.0 Å². The zero-order chi connectivity index (χ0) is 16.3. The van der Waals surface area contributed by atoms with Gasteiger partial charge in [-0.3, -0.25) is 0 Å². The Morgan fingerprint density at radius 3 is 2.26 bits per heavy atom. The average Bonchev–Trinajstić information content (AvgIpc) is 2.56. The highest BCUT2D eigenvalue weighted by Gasteiger charge is 2.30. The number of hydrogen-bond donors (Lipinski definition) is 0. The topological polar surface area (TPSA) is 46.6 Å². The number of benzene rings is 2. The first-order valence-corrected chi connectivity index (χ1v) is 9.36. The Balaban J connectivity index is 1.78. The van der Waals surface area contributed by atoms with Crippen LogP contribution < -0.4 is 4.74 Å². The molecule has 4 nitrogen and oxygen atoms in total. The molecule has 2 aromatic rings. The fraction of sp³-hybridized carbons (Fsp3) is 0.333. The number of hydrogen-bond acceptors (Lipinski definition) is 3. The molecule has 1 fully saturated rings. The van der Waals surface area contributed by atoms with E-state index in [-0.39, 0.29) is 6.04 Å². The van der Waals surface area contributed by atoms with E-state index in [0.717, 1.165) is 25.0 Å². The van der Waals surface area contributed by atoms with E-state index in [1.807, 2.05) is 37.3 Å². The number of rotatable bonds is 4. The minimum atomic E-state index is -3.42. The Bertz CT molecular complexity index is 742. The van der Waals surface area contributed by atoms with Crippen molar-refractivity contribution in [2.75, 3.05) is 6.54 Å². The highest BCUT2D eigenvalue weighted by Crippen LogP contribution is 2.27. The first-order valence-electron chi connectivity index (χ1n) is 7.92. The number of nitrogens with zero attached hydrogens (tertiary/aromatic N) is 1. The lowest BCUT2D eigenvalue weighted by atomic mass is 10.1. The van der Waals surface area contributed by atoms with Gasteiger partial charge in [0.25, 0.3) is 0 Å². The molecule has 1 saturated heterocycles. The van der Waals surface area contributed by atoms with Crippen molar-refractivity contribution >= 4 is 10.0 Å². The third kappa shape index (κ3) is 3.57. The quantitative estimate of drug-likeness (QED) is 0.849. The molecule has 0 amide bonds. The summed E-state index contributed by atoms with van der Waals surface area (Å²) in [5, 5.41) is 0. The second kappa shape index (κ2) is 6.72. The molecule has 0 aromatic heterocycles. The van der Waals surface area contributed by atoms with Crippen LogP contribution in [0.4, 0.5) is 0 Å². The molecule has 0 bridgehead atoms. The van der Waals surface area contributed by atoms with Crippen LogP contribution in [0.25, 0.3) is 0 Å². The summed E-state index contributed by atoms with van der Waals surface area (Å²) in [4.78, 5) is 0.326. The molecule has 0 saturated carbocycles. The maximum atomic E-state index is 12.8. The molecule has 122 valence electrons. The molecular formula is C18H21NO3S. The van der Waals surface area contributed by atoms with E-state index in [4.69, 9.17) is 4.74 Å². The third-order valence-electron chi connectivity index (χ3n) is 4.15. The summed E-state index contributed by atoms with van der Waals surface area (Å²) in [6, 6.07) is 16.1. The molecule has 1 atom stereocenters. The highest BCUT2D eigenvalue weighted by molar-refractivity contribution is 7.89. The van der Waals surface area contributed by atoms with Gasteiger partial charge in [-0.25, -0.2) is 8.42 Å². The maximum absolute atomic E-state index is 12.8. The highest BCUT2D eigenvalue weighted by atomic mass is 32.2. The SMILES string of the molecule is C[C@H]1CCCCN1S(=O)(=O)c1ccc(Oc2ccccc2)cc1. The lowest BCUT2D eigenvalue weighted by Crippen LogP contribution is -2.41. The molecule has 0 N–H and O–H groups in total. The van der Waals surface area contributed by atoms with Crippen molar-refractivity contribution in [1.29, 1.82) is 0 Å². The van der Waals surface area contributed by atoms with Crippen LogP contribution in [0.1, 0.15) is 26.2 Å². The van der Waals surface area contributed by atoms with Gasteiger partial charge < -0.3 is 4.74 Å². The Kier molecular flexibility index (Phi) is 4.68. The fourth-order valence-electron chi connectivity index (χ4n) is 2.87. The van der Waals surface area contributed by atoms with E-state index >= 15 is 0 Å². The Hall–Kier alpha value is -1.85. The summed E-state index contributed by atoms with van der Waals surface area (Å²) in [5.41, 5.74) is 0. The van der Waals surface area contributed by atoms with Gasteiger partial charge in [-0.2, -0.15) is 4.31 Å². The van der Waals surface area contributed by atoms with Gasteiger partial charge in [0.2, 0.25) is 10.0 Å². The fourth-order valence-corrected chi connectivity index (χ4v) is 4.57. The molecule has 0 unspecified atom stereocenters. The predicted octanol–water partition coefficient (Wildman–Crippen LogP) is 4.04.